The lowest BCUT2D eigenvalue weighted by molar-refractivity contribution is -0.223. The second-order valence-corrected chi connectivity index (χ2v) is 3.67. The highest BCUT2D eigenvalue weighted by Gasteiger charge is 2.52. The van der Waals surface area contributed by atoms with E-state index in [-0.39, 0.29) is 0 Å². The average Bonchev–Trinajstić information content (AvgIpc) is 1.75. The average molecular weight is 276 g/mol. The Kier molecular flexibility index (Phi) is 3.78. The Hall–Kier alpha value is -0.790. The van der Waals surface area contributed by atoms with E-state index in [0.29, 0.717) is 0 Å². The van der Waals surface area contributed by atoms with Crippen molar-refractivity contribution in [3.63, 3.8) is 0 Å². The molecule has 7 nitrogen and oxygen atoms in total. The molecule has 0 fully saturated rings. The van der Waals surface area contributed by atoms with Gasteiger partial charge >= 0.3 is 33.1 Å². The highest BCUT2D eigenvalue weighted by atomic mass is 32.3. The van der Waals surface area contributed by atoms with Crippen LogP contribution in [0.2, 0.25) is 0 Å². The molecule has 0 radical (unpaired) electrons. The maximum Gasteiger partial charge on any atom is 0.446 e. The van der Waals surface area contributed by atoms with Crippen LogP contribution in [0.25, 0.3) is 0 Å². The quantitative estimate of drug-likeness (QED) is 0.381. The van der Waals surface area contributed by atoms with Gasteiger partial charge in [0.05, 0.1) is 0 Å². The molecule has 0 aromatic rings. The Labute approximate surface area is 80.4 Å². The van der Waals surface area contributed by atoms with Crippen molar-refractivity contribution < 1.29 is 46.5 Å². The zero-order chi connectivity index (χ0) is 12.5. The first-order valence-electron chi connectivity index (χ1n) is 2.55. The van der Waals surface area contributed by atoms with Gasteiger partial charge in [0.15, 0.2) is 0 Å². The van der Waals surface area contributed by atoms with Gasteiger partial charge in [-0.2, -0.15) is 34.0 Å². The molecule has 0 atom stereocenters. The Bertz CT molecular complexity index is 415. The molecule has 0 N–H and O–H groups in total. The van der Waals surface area contributed by atoms with Crippen molar-refractivity contribution in [3.05, 3.63) is 0 Å². The lowest BCUT2D eigenvalue weighted by Crippen LogP contribution is -2.39. The zero-order valence-corrected chi connectivity index (χ0v) is 7.82. The lowest BCUT2D eigenvalue weighted by Gasteiger charge is -2.13. The van der Waals surface area contributed by atoms with E-state index in [1.165, 1.54) is 0 Å². The molecular formula is C2F4O7S2. The van der Waals surface area contributed by atoms with E-state index in [1.807, 2.05) is 0 Å². The molecule has 0 aromatic carbocycles. The Morgan fingerprint density at radius 1 is 1.00 bits per heavy atom. The molecule has 0 heterocycles. The molecule has 15 heavy (non-hydrogen) atoms. The van der Waals surface area contributed by atoms with Crippen LogP contribution >= 0.6 is 0 Å². The highest BCUT2D eigenvalue weighted by Crippen LogP contribution is 2.24. The van der Waals surface area contributed by atoms with Crippen molar-refractivity contribution >= 4 is 27.0 Å². The SMILES string of the molecule is O=C(F)C(F)(OS(=O)(=O)F)OS(=O)(=O)F. The van der Waals surface area contributed by atoms with Crippen LogP contribution in [0.1, 0.15) is 0 Å². The fourth-order valence-corrected chi connectivity index (χ4v) is 1.09. The summed E-state index contributed by atoms with van der Waals surface area (Å²) in [7, 11) is -12.6. The molecule has 0 spiro atoms. The molecule has 90 valence electrons. The van der Waals surface area contributed by atoms with Gasteiger partial charge in [0, 0.05) is 0 Å². The maximum absolute atomic E-state index is 12.5. The second-order valence-electron chi connectivity index (χ2n) is 1.76. The summed E-state index contributed by atoms with van der Waals surface area (Å²) in [6.07, 6.45) is 0. The molecule has 0 amide bonds. The smallest absolute Gasteiger partial charge is 0.251 e. The van der Waals surface area contributed by atoms with Gasteiger partial charge in [-0.05, 0) is 0 Å². The minimum atomic E-state index is -6.29. The molecule has 0 unspecified atom stereocenters. The van der Waals surface area contributed by atoms with E-state index in [9.17, 15) is 38.2 Å². The summed E-state index contributed by atoms with van der Waals surface area (Å²) in [5.41, 5.74) is 0. The first-order valence-corrected chi connectivity index (χ1v) is 5.17. The largest absolute Gasteiger partial charge is 0.446 e. The predicted octanol–water partition coefficient (Wildman–Crippen LogP) is -0.432. The van der Waals surface area contributed by atoms with E-state index in [2.05, 4.69) is 8.37 Å². The van der Waals surface area contributed by atoms with Crippen LogP contribution in [0.3, 0.4) is 0 Å². The molecule has 0 rings (SSSR count). The summed E-state index contributed by atoms with van der Waals surface area (Å²) >= 11 is 0. The van der Waals surface area contributed by atoms with Crippen LogP contribution in [0.5, 0.6) is 0 Å². The molecule has 0 bridgehead atoms. The van der Waals surface area contributed by atoms with Gasteiger partial charge in [-0.1, -0.05) is 7.77 Å². The molecule has 0 aliphatic carbocycles. The van der Waals surface area contributed by atoms with E-state index >= 15 is 0 Å². The van der Waals surface area contributed by atoms with E-state index in [0.717, 1.165) is 0 Å². The Balaban J connectivity index is 5.19. The summed E-state index contributed by atoms with van der Waals surface area (Å²) in [6.45, 7) is 0. The van der Waals surface area contributed by atoms with Crippen molar-refractivity contribution in [3.8, 4) is 0 Å². The monoisotopic (exact) mass is 276 g/mol. The fourth-order valence-electron chi connectivity index (χ4n) is 0.335. The number of carbonyl (C=O) groups is 1. The molecule has 0 aliphatic rings. The van der Waals surface area contributed by atoms with Crippen LogP contribution < -0.4 is 0 Å². The predicted molar refractivity (Wildman–Crippen MR) is 32.2 cm³/mol. The van der Waals surface area contributed by atoms with Gasteiger partial charge in [-0.25, -0.2) is 0 Å². The van der Waals surface area contributed by atoms with Gasteiger partial charge in [-0.3, -0.25) is 4.79 Å². The highest BCUT2D eigenvalue weighted by molar-refractivity contribution is 7.82. The molecule has 0 aliphatic heterocycles. The second kappa shape index (κ2) is 3.99. The minimum absolute atomic E-state index is 2.34. The number of rotatable bonds is 5. The minimum Gasteiger partial charge on any atom is -0.251 e. The van der Waals surface area contributed by atoms with Crippen LogP contribution in [0, 0.1) is 0 Å². The van der Waals surface area contributed by atoms with Gasteiger partial charge in [0.2, 0.25) is 0 Å². The van der Waals surface area contributed by atoms with Crippen LogP contribution in [0.4, 0.5) is 16.6 Å². The van der Waals surface area contributed by atoms with E-state index in [4.69, 9.17) is 0 Å². The van der Waals surface area contributed by atoms with Gasteiger partial charge in [0.1, 0.15) is 0 Å². The first kappa shape index (κ1) is 14.2. The third kappa shape index (κ3) is 5.60. The molecular weight excluding hydrogens is 276 g/mol. The first-order chi connectivity index (χ1) is 6.36. The standard InChI is InChI=1S/C2F4O7S2/c3-1(7)2(4,12-14(5,8)9)13-15(6,10)11. The lowest BCUT2D eigenvalue weighted by atomic mass is 10.6. The van der Waals surface area contributed by atoms with Gasteiger partial charge in [-0.15, -0.1) is 0 Å². The number of hydrogen-bond acceptors (Lipinski definition) is 7. The number of carbonyl (C=O) groups excluding carboxylic acids is 1. The van der Waals surface area contributed by atoms with Crippen LogP contribution in [-0.2, 0) is 34.2 Å². The third-order valence-electron chi connectivity index (χ3n) is 0.648. The number of halogens is 4. The molecule has 0 saturated heterocycles. The summed E-state index contributed by atoms with van der Waals surface area (Å²) in [4.78, 5) is 9.67. The maximum atomic E-state index is 12.5. The molecule has 0 aromatic heterocycles. The number of hydrogen-bond donors (Lipinski definition) is 0. The zero-order valence-electron chi connectivity index (χ0n) is 6.19. The summed E-state index contributed by atoms with van der Waals surface area (Å²) in [5.74, 6) is 0. The van der Waals surface area contributed by atoms with Crippen molar-refractivity contribution in [2.45, 2.75) is 6.04 Å². The topological polar surface area (TPSA) is 104 Å². The summed E-state index contributed by atoms with van der Waals surface area (Å²) in [5, 5.41) is 0. The van der Waals surface area contributed by atoms with E-state index in [1.54, 1.807) is 0 Å². The van der Waals surface area contributed by atoms with Crippen molar-refractivity contribution in [2.24, 2.45) is 0 Å². The van der Waals surface area contributed by atoms with Crippen molar-refractivity contribution in [2.75, 3.05) is 0 Å². The Morgan fingerprint density at radius 3 is 1.40 bits per heavy atom. The van der Waals surface area contributed by atoms with Gasteiger partial charge in [0.25, 0.3) is 0 Å². The molecule has 0 saturated carbocycles. The normalized spacial score (nSPS) is 13.9. The molecule has 13 heteroatoms. The van der Waals surface area contributed by atoms with Gasteiger partial charge < -0.3 is 0 Å². The Morgan fingerprint density at radius 2 is 1.27 bits per heavy atom. The third-order valence-corrected chi connectivity index (χ3v) is 1.48. The van der Waals surface area contributed by atoms with E-state index < -0.39 is 33.1 Å². The summed E-state index contributed by atoms with van der Waals surface area (Å²) in [6, 6.07) is -8.79. The van der Waals surface area contributed by atoms with Crippen molar-refractivity contribution in [1.82, 2.24) is 0 Å². The van der Waals surface area contributed by atoms with Crippen LogP contribution in [0.15, 0.2) is 0 Å². The fraction of sp³-hybridized carbons (Fsp3) is 0.500. The van der Waals surface area contributed by atoms with Crippen molar-refractivity contribution in [1.29, 1.82) is 0 Å². The number of alkyl halides is 1. The van der Waals surface area contributed by atoms with Crippen LogP contribution in [-0.4, -0.2) is 28.9 Å². The summed E-state index contributed by atoms with van der Waals surface area (Å²) < 4.78 is 90.5.